The van der Waals surface area contributed by atoms with Gasteiger partial charge in [-0.25, -0.2) is 14.5 Å². The first-order valence-electron chi connectivity index (χ1n) is 12.0. The lowest BCUT2D eigenvalue weighted by atomic mass is 9.87. The minimum Gasteiger partial charge on any atom is -0.489 e. The van der Waals surface area contributed by atoms with E-state index in [4.69, 9.17) is 9.47 Å². The average molecular weight is 494 g/mol. The van der Waals surface area contributed by atoms with Gasteiger partial charge in [0.05, 0.1) is 35.6 Å². The zero-order valence-corrected chi connectivity index (χ0v) is 20.8. The van der Waals surface area contributed by atoms with Crippen LogP contribution in [0.15, 0.2) is 42.5 Å². The van der Waals surface area contributed by atoms with E-state index in [-0.39, 0.29) is 25.2 Å². The second-order valence-electron chi connectivity index (χ2n) is 9.13. The Morgan fingerprint density at radius 3 is 2.67 bits per heavy atom. The quantitative estimate of drug-likeness (QED) is 0.500. The summed E-state index contributed by atoms with van der Waals surface area (Å²) in [6, 6.07) is 13.1. The van der Waals surface area contributed by atoms with Crippen molar-refractivity contribution in [2.24, 2.45) is 13.0 Å². The fourth-order valence-electron chi connectivity index (χ4n) is 4.33. The van der Waals surface area contributed by atoms with Gasteiger partial charge in [-0.2, -0.15) is 0 Å². The van der Waals surface area contributed by atoms with Gasteiger partial charge in [0.1, 0.15) is 18.1 Å². The zero-order valence-electron chi connectivity index (χ0n) is 20.8. The molecule has 1 amide bonds. The SMILES string of the molecule is Cc1nc(-c2nnn(C)c2CN(C)C(=O)OCc2ccccc2)ccc1O[C@H]1CCC[C@H](C(=O)O)C1. The van der Waals surface area contributed by atoms with Gasteiger partial charge in [0.15, 0.2) is 0 Å². The molecule has 2 atom stereocenters. The van der Waals surface area contributed by atoms with Gasteiger partial charge in [0.25, 0.3) is 0 Å². The third-order valence-corrected chi connectivity index (χ3v) is 6.40. The molecule has 190 valence electrons. The number of hydrogen-bond donors (Lipinski definition) is 1. The summed E-state index contributed by atoms with van der Waals surface area (Å²) in [6.45, 7) is 2.28. The number of benzene rings is 1. The molecule has 10 heteroatoms. The molecule has 10 nitrogen and oxygen atoms in total. The van der Waals surface area contributed by atoms with Crippen LogP contribution in [-0.2, 0) is 29.7 Å². The Morgan fingerprint density at radius 2 is 1.94 bits per heavy atom. The van der Waals surface area contributed by atoms with Gasteiger partial charge in [-0.3, -0.25) is 4.79 Å². The highest BCUT2D eigenvalue weighted by molar-refractivity contribution is 5.70. The molecule has 1 aliphatic rings. The van der Waals surface area contributed by atoms with Gasteiger partial charge in [-0.05, 0) is 50.3 Å². The first-order valence-corrected chi connectivity index (χ1v) is 12.0. The first-order chi connectivity index (χ1) is 17.3. The van der Waals surface area contributed by atoms with Crippen molar-refractivity contribution in [2.75, 3.05) is 7.05 Å². The number of aliphatic carboxylic acids is 1. The molecule has 0 spiro atoms. The van der Waals surface area contributed by atoms with Crippen molar-refractivity contribution in [1.29, 1.82) is 0 Å². The lowest BCUT2D eigenvalue weighted by Crippen LogP contribution is -2.29. The number of pyridine rings is 1. The third kappa shape index (κ3) is 5.99. The van der Waals surface area contributed by atoms with Gasteiger partial charge >= 0.3 is 12.1 Å². The second kappa shape index (κ2) is 11.2. The lowest BCUT2D eigenvalue weighted by molar-refractivity contribution is -0.143. The first kappa shape index (κ1) is 25.2. The highest BCUT2D eigenvalue weighted by Gasteiger charge is 2.28. The van der Waals surface area contributed by atoms with E-state index in [9.17, 15) is 14.7 Å². The summed E-state index contributed by atoms with van der Waals surface area (Å²) < 4.78 is 13.2. The van der Waals surface area contributed by atoms with Crippen LogP contribution in [0.25, 0.3) is 11.4 Å². The van der Waals surface area contributed by atoms with Crippen molar-refractivity contribution in [3.05, 3.63) is 59.4 Å². The summed E-state index contributed by atoms with van der Waals surface area (Å²) in [7, 11) is 3.43. The minimum atomic E-state index is -0.766. The van der Waals surface area contributed by atoms with Crippen LogP contribution < -0.4 is 4.74 Å². The number of carbonyl (C=O) groups is 2. The van der Waals surface area contributed by atoms with Crippen LogP contribution in [0.5, 0.6) is 5.75 Å². The van der Waals surface area contributed by atoms with Crippen LogP contribution in [0.1, 0.15) is 42.6 Å². The molecular formula is C26H31N5O5. The molecule has 0 radical (unpaired) electrons. The Bertz CT molecular complexity index is 1210. The molecule has 0 aliphatic heterocycles. The Morgan fingerprint density at radius 1 is 1.17 bits per heavy atom. The predicted octanol–water partition coefficient (Wildman–Crippen LogP) is 3.98. The number of nitrogens with zero attached hydrogens (tertiary/aromatic N) is 5. The van der Waals surface area contributed by atoms with E-state index >= 15 is 0 Å². The summed E-state index contributed by atoms with van der Waals surface area (Å²) in [5.41, 5.74) is 3.49. The molecular weight excluding hydrogens is 462 g/mol. The molecule has 1 aromatic carbocycles. The molecule has 0 saturated heterocycles. The maximum atomic E-state index is 12.5. The molecule has 1 N–H and O–H groups in total. The third-order valence-electron chi connectivity index (χ3n) is 6.40. The molecule has 2 heterocycles. The zero-order chi connectivity index (χ0) is 25.7. The van der Waals surface area contributed by atoms with E-state index in [1.165, 1.54) is 4.90 Å². The topological polar surface area (TPSA) is 120 Å². The largest absolute Gasteiger partial charge is 0.489 e. The van der Waals surface area contributed by atoms with Gasteiger partial charge < -0.3 is 19.5 Å². The second-order valence-corrected chi connectivity index (χ2v) is 9.13. The van der Waals surface area contributed by atoms with E-state index in [1.807, 2.05) is 43.3 Å². The Hall–Kier alpha value is -3.95. The van der Waals surface area contributed by atoms with Crippen molar-refractivity contribution in [3.63, 3.8) is 0 Å². The summed E-state index contributed by atoms with van der Waals surface area (Å²) in [4.78, 5) is 30.0. The summed E-state index contributed by atoms with van der Waals surface area (Å²) in [6.07, 6.45) is 2.24. The van der Waals surface area contributed by atoms with Gasteiger partial charge in [0, 0.05) is 14.1 Å². The van der Waals surface area contributed by atoms with E-state index in [0.29, 0.717) is 41.4 Å². The van der Waals surface area contributed by atoms with Crippen LogP contribution >= 0.6 is 0 Å². The number of hydrogen-bond acceptors (Lipinski definition) is 7. The molecule has 2 aromatic heterocycles. The number of amides is 1. The average Bonchev–Trinajstić information content (AvgIpc) is 3.24. The van der Waals surface area contributed by atoms with Crippen molar-refractivity contribution in [3.8, 4) is 17.1 Å². The number of ether oxygens (including phenoxy) is 2. The van der Waals surface area contributed by atoms with Crippen molar-refractivity contribution in [1.82, 2.24) is 24.9 Å². The van der Waals surface area contributed by atoms with Crippen LogP contribution in [-0.4, -0.2) is 55.2 Å². The van der Waals surface area contributed by atoms with E-state index in [2.05, 4.69) is 15.3 Å². The molecule has 1 saturated carbocycles. The summed E-state index contributed by atoms with van der Waals surface area (Å²) in [5, 5.41) is 17.7. The Labute approximate surface area is 209 Å². The van der Waals surface area contributed by atoms with Gasteiger partial charge in [0.2, 0.25) is 0 Å². The van der Waals surface area contributed by atoms with E-state index in [1.54, 1.807) is 24.8 Å². The maximum Gasteiger partial charge on any atom is 0.410 e. The van der Waals surface area contributed by atoms with E-state index in [0.717, 1.165) is 18.4 Å². The van der Waals surface area contributed by atoms with Crippen molar-refractivity contribution < 1.29 is 24.2 Å². The highest BCUT2D eigenvalue weighted by atomic mass is 16.6. The van der Waals surface area contributed by atoms with Crippen LogP contribution in [0, 0.1) is 12.8 Å². The predicted molar refractivity (Wildman–Crippen MR) is 131 cm³/mol. The molecule has 1 fully saturated rings. The number of carbonyl (C=O) groups excluding carboxylic acids is 1. The number of rotatable bonds is 8. The Balaban J connectivity index is 1.43. The highest BCUT2D eigenvalue weighted by Crippen LogP contribution is 2.30. The van der Waals surface area contributed by atoms with Crippen LogP contribution in [0.2, 0.25) is 0 Å². The molecule has 0 bridgehead atoms. The maximum absolute atomic E-state index is 12.5. The number of aromatic nitrogens is 4. The Kier molecular flexibility index (Phi) is 7.82. The van der Waals surface area contributed by atoms with Crippen LogP contribution in [0.3, 0.4) is 0 Å². The smallest absolute Gasteiger partial charge is 0.410 e. The number of carboxylic acid groups (broad SMARTS) is 1. The molecule has 36 heavy (non-hydrogen) atoms. The standard InChI is InChI=1S/C26H31N5O5/c1-17-23(36-20-11-7-10-19(14-20)25(32)33)13-12-21(27-17)24-22(31(3)29-28-24)15-30(2)26(34)35-16-18-8-5-4-6-9-18/h4-6,8-9,12-13,19-20H,7,10-11,14-16H2,1-3H3,(H,32,33)/t19-,20-/m0/s1. The minimum absolute atomic E-state index is 0.145. The molecule has 4 rings (SSSR count). The number of carboxylic acids is 1. The molecule has 1 aliphatic carbocycles. The molecule has 3 aromatic rings. The van der Waals surface area contributed by atoms with Gasteiger partial charge in [-0.1, -0.05) is 35.5 Å². The van der Waals surface area contributed by atoms with Gasteiger partial charge in [-0.15, -0.1) is 5.10 Å². The van der Waals surface area contributed by atoms with Crippen molar-refractivity contribution in [2.45, 2.75) is 51.9 Å². The fraction of sp³-hybridized carbons (Fsp3) is 0.423. The monoisotopic (exact) mass is 493 g/mol. The normalized spacial score (nSPS) is 17.4. The lowest BCUT2D eigenvalue weighted by Gasteiger charge is -2.27. The summed E-state index contributed by atoms with van der Waals surface area (Å²) in [5.74, 6) is -0.505. The summed E-state index contributed by atoms with van der Waals surface area (Å²) >= 11 is 0. The van der Waals surface area contributed by atoms with Crippen molar-refractivity contribution >= 4 is 12.1 Å². The van der Waals surface area contributed by atoms with Crippen LogP contribution in [0.4, 0.5) is 4.79 Å². The number of aryl methyl sites for hydroxylation is 2. The van der Waals surface area contributed by atoms with E-state index < -0.39 is 12.1 Å². The molecule has 0 unspecified atom stereocenters. The fourth-order valence-corrected chi connectivity index (χ4v) is 4.33.